The molecule has 0 bridgehead atoms. The SMILES string of the molecule is CCCCCCCCC(C)OCCOCCOCCO. The Morgan fingerprint density at radius 2 is 1.40 bits per heavy atom. The summed E-state index contributed by atoms with van der Waals surface area (Å²) in [6.45, 7) is 7.20. The smallest absolute Gasteiger partial charge is 0.0704 e. The number of aliphatic hydroxyl groups excluding tert-OH is 1. The number of ether oxygens (including phenoxy) is 3. The number of rotatable bonds is 16. The van der Waals surface area contributed by atoms with Gasteiger partial charge < -0.3 is 19.3 Å². The van der Waals surface area contributed by atoms with E-state index in [1.807, 2.05) is 0 Å². The Morgan fingerprint density at radius 3 is 2.10 bits per heavy atom. The Hall–Kier alpha value is -0.160. The molecule has 0 aliphatic heterocycles. The molecule has 0 aromatic heterocycles. The van der Waals surface area contributed by atoms with E-state index in [9.17, 15) is 0 Å². The van der Waals surface area contributed by atoms with E-state index in [2.05, 4.69) is 13.8 Å². The quantitative estimate of drug-likeness (QED) is 0.444. The van der Waals surface area contributed by atoms with Crippen LogP contribution in [0.25, 0.3) is 0 Å². The monoisotopic (exact) mass is 290 g/mol. The standard InChI is InChI=1S/C16H34O4/c1-3-4-5-6-7-8-9-16(2)20-15-14-19-13-12-18-11-10-17/h16-17H,3-15H2,1-2H3. The van der Waals surface area contributed by atoms with Gasteiger partial charge in [0, 0.05) is 0 Å². The van der Waals surface area contributed by atoms with E-state index < -0.39 is 0 Å². The highest BCUT2D eigenvalue weighted by atomic mass is 16.5. The maximum atomic E-state index is 8.51. The lowest BCUT2D eigenvalue weighted by Crippen LogP contribution is -2.15. The van der Waals surface area contributed by atoms with Crippen LogP contribution in [0.3, 0.4) is 0 Å². The number of hydrogen-bond donors (Lipinski definition) is 1. The molecule has 0 aliphatic carbocycles. The van der Waals surface area contributed by atoms with Crippen molar-refractivity contribution in [2.24, 2.45) is 0 Å². The van der Waals surface area contributed by atoms with Crippen LogP contribution in [0, 0.1) is 0 Å². The fraction of sp³-hybridized carbons (Fsp3) is 1.00. The molecule has 0 fully saturated rings. The van der Waals surface area contributed by atoms with E-state index in [0.717, 1.165) is 6.42 Å². The largest absolute Gasteiger partial charge is 0.394 e. The van der Waals surface area contributed by atoms with Gasteiger partial charge in [0.05, 0.1) is 45.7 Å². The summed E-state index contributed by atoms with van der Waals surface area (Å²) in [5, 5.41) is 8.51. The third-order valence-corrected chi connectivity index (χ3v) is 3.20. The van der Waals surface area contributed by atoms with Crippen molar-refractivity contribution in [2.45, 2.75) is 64.9 Å². The van der Waals surface area contributed by atoms with Gasteiger partial charge in [0.2, 0.25) is 0 Å². The highest BCUT2D eigenvalue weighted by Crippen LogP contribution is 2.09. The molecule has 0 heterocycles. The van der Waals surface area contributed by atoms with Crippen molar-refractivity contribution in [3.8, 4) is 0 Å². The van der Waals surface area contributed by atoms with E-state index >= 15 is 0 Å². The van der Waals surface area contributed by atoms with Crippen LogP contribution >= 0.6 is 0 Å². The summed E-state index contributed by atoms with van der Waals surface area (Å²) in [5.41, 5.74) is 0. The van der Waals surface area contributed by atoms with Gasteiger partial charge >= 0.3 is 0 Å². The van der Waals surface area contributed by atoms with Gasteiger partial charge in [-0.05, 0) is 13.3 Å². The Morgan fingerprint density at radius 1 is 0.800 bits per heavy atom. The Bertz CT molecular complexity index is 176. The lowest BCUT2D eigenvalue weighted by molar-refractivity contribution is -0.0121. The van der Waals surface area contributed by atoms with Crippen molar-refractivity contribution in [3.63, 3.8) is 0 Å². The Balaban J connectivity index is 3.10. The maximum absolute atomic E-state index is 8.51. The average molecular weight is 290 g/mol. The first-order chi connectivity index (χ1) is 9.81. The molecule has 0 aliphatic rings. The number of aliphatic hydroxyl groups is 1. The van der Waals surface area contributed by atoms with E-state index in [0.29, 0.717) is 39.1 Å². The van der Waals surface area contributed by atoms with Gasteiger partial charge in [-0.3, -0.25) is 0 Å². The third-order valence-electron chi connectivity index (χ3n) is 3.20. The van der Waals surface area contributed by atoms with Crippen molar-refractivity contribution in [3.05, 3.63) is 0 Å². The lowest BCUT2D eigenvalue weighted by Gasteiger charge is -2.13. The van der Waals surface area contributed by atoms with E-state index in [-0.39, 0.29) is 6.61 Å². The first-order valence-corrected chi connectivity index (χ1v) is 8.19. The highest BCUT2D eigenvalue weighted by Gasteiger charge is 2.01. The number of hydrogen-bond acceptors (Lipinski definition) is 4. The first kappa shape index (κ1) is 19.8. The van der Waals surface area contributed by atoms with Crippen LogP contribution in [0.1, 0.15) is 58.8 Å². The minimum atomic E-state index is 0.0685. The molecular formula is C16H34O4. The predicted molar refractivity (Wildman–Crippen MR) is 82.1 cm³/mol. The zero-order valence-electron chi connectivity index (χ0n) is 13.4. The van der Waals surface area contributed by atoms with Crippen LogP contribution in [0.4, 0.5) is 0 Å². The van der Waals surface area contributed by atoms with Crippen LogP contribution in [0.5, 0.6) is 0 Å². The molecule has 0 radical (unpaired) electrons. The summed E-state index contributed by atoms with van der Waals surface area (Å²) in [4.78, 5) is 0. The summed E-state index contributed by atoms with van der Waals surface area (Å²) in [5.74, 6) is 0. The topological polar surface area (TPSA) is 47.9 Å². The van der Waals surface area contributed by atoms with Crippen molar-refractivity contribution < 1.29 is 19.3 Å². The fourth-order valence-electron chi connectivity index (χ4n) is 1.99. The van der Waals surface area contributed by atoms with Crippen LogP contribution in [-0.2, 0) is 14.2 Å². The summed E-state index contributed by atoms with van der Waals surface area (Å²) in [6, 6.07) is 0. The molecule has 1 unspecified atom stereocenters. The molecule has 0 aromatic carbocycles. The third kappa shape index (κ3) is 15.9. The molecule has 20 heavy (non-hydrogen) atoms. The molecule has 0 spiro atoms. The van der Waals surface area contributed by atoms with Gasteiger partial charge in [0.25, 0.3) is 0 Å². The minimum Gasteiger partial charge on any atom is -0.394 e. The number of unbranched alkanes of at least 4 members (excludes halogenated alkanes) is 5. The normalized spacial score (nSPS) is 12.8. The molecule has 0 amide bonds. The van der Waals surface area contributed by atoms with Gasteiger partial charge in [-0.15, -0.1) is 0 Å². The lowest BCUT2D eigenvalue weighted by atomic mass is 10.1. The van der Waals surface area contributed by atoms with Crippen molar-refractivity contribution in [1.82, 2.24) is 0 Å². The molecule has 0 aromatic rings. The molecule has 0 rings (SSSR count). The van der Waals surface area contributed by atoms with Crippen LogP contribution < -0.4 is 0 Å². The van der Waals surface area contributed by atoms with Gasteiger partial charge in [-0.2, -0.15) is 0 Å². The first-order valence-electron chi connectivity index (χ1n) is 8.19. The van der Waals surface area contributed by atoms with Crippen LogP contribution in [0.15, 0.2) is 0 Å². The molecule has 4 nitrogen and oxygen atoms in total. The zero-order valence-corrected chi connectivity index (χ0v) is 13.4. The fourth-order valence-corrected chi connectivity index (χ4v) is 1.99. The van der Waals surface area contributed by atoms with E-state index in [1.54, 1.807) is 0 Å². The Labute approximate surface area is 124 Å². The second-order valence-electron chi connectivity index (χ2n) is 5.19. The second-order valence-corrected chi connectivity index (χ2v) is 5.19. The molecule has 0 saturated heterocycles. The van der Waals surface area contributed by atoms with Gasteiger partial charge in [-0.1, -0.05) is 45.4 Å². The maximum Gasteiger partial charge on any atom is 0.0704 e. The van der Waals surface area contributed by atoms with Gasteiger partial charge in [0.1, 0.15) is 0 Å². The molecule has 1 atom stereocenters. The van der Waals surface area contributed by atoms with Crippen molar-refractivity contribution >= 4 is 0 Å². The molecular weight excluding hydrogens is 256 g/mol. The van der Waals surface area contributed by atoms with Crippen LogP contribution in [0.2, 0.25) is 0 Å². The highest BCUT2D eigenvalue weighted by molar-refractivity contribution is 4.52. The molecule has 0 saturated carbocycles. The molecule has 4 heteroatoms. The molecule has 1 N–H and O–H groups in total. The predicted octanol–water partition coefficient (Wildman–Crippen LogP) is 3.17. The van der Waals surface area contributed by atoms with Crippen molar-refractivity contribution in [1.29, 1.82) is 0 Å². The minimum absolute atomic E-state index is 0.0685. The van der Waals surface area contributed by atoms with Gasteiger partial charge in [0.15, 0.2) is 0 Å². The zero-order chi connectivity index (χ0) is 14.9. The molecule has 122 valence electrons. The Kier molecular flexibility index (Phi) is 16.8. The van der Waals surface area contributed by atoms with E-state index in [4.69, 9.17) is 19.3 Å². The van der Waals surface area contributed by atoms with Gasteiger partial charge in [-0.25, -0.2) is 0 Å². The van der Waals surface area contributed by atoms with Crippen molar-refractivity contribution in [2.75, 3.05) is 39.6 Å². The summed E-state index contributed by atoms with van der Waals surface area (Å²) in [6.07, 6.45) is 9.47. The summed E-state index contributed by atoms with van der Waals surface area (Å²) in [7, 11) is 0. The summed E-state index contributed by atoms with van der Waals surface area (Å²) < 4.78 is 16.1. The summed E-state index contributed by atoms with van der Waals surface area (Å²) >= 11 is 0. The van der Waals surface area contributed by atoms with E-state index in [1.165, 1.54) is 38.5 Å². The second kappa shape index (κ2) is 16.9. The van der Waals surface area contributed by atoms with Crippen LogP contribution in [-0.4, -0.2) is 50.9 Å². The average Bonchev–Trinajstić information content (AvgIpc) is 2.45.